The second kappa shape index (κ2) is 5.55. The molecule has 0 amide bonds. The Kier molecular flexibility index (Phi) is 4.17. The molecule has 0 bridgehead atoms. The summed E-state index contributed by atoms with van der Waals surface area (Å²) in [4.78, 5) is 11.5. The summed E-state index contributed by atoms with van der Waals surface area (Å²) in [6.45, 7) is 4.78. The first kappa shape index (κ1) is 15.0. The number of esters is 1. The van der Waals surface area contributed by atoms with Crippen LogP contribution in [-0.2, 0) is 14.8 Å². The van der Waals surface area contributed by atoms with Crippen LogP contribution >= 0.6 is 0 Å². The first-order valence-electron chi connectivity index (χ1n) is 6.28. The SMILES string of the molecule is COC(=O)c1cc(S(=O)(=O)N2CCNC(C)C2)oc1C. The van der Waals surface area contributed by atoms with Gasteiger partial charge in [-0.3, -0.25) is 0 Å². The van der Waals surface area contributed by atoms with Crippen LogP contribution in [0.1, 0.15) is 23.0 Å². The van der Waals surface area contributed by atoms with Gasteiger partial charge in [-0.15, -0.1) is 0 Å². The van der Waals surface area contributed by atoms with E-state index in [9.17, 15) is 13.2 Å². The maximum absolute atomic E-state index is 12.5. The first-order valence-corrected chi connectivity index (χ1v) is 7.72. The van der Waals surface area contributed by atoms with E-state index in [1.165, 1.54) is 24.4 Å². The summed E-state index contributed by atoms with van der Waals surface area (Å²) in [6, 6.07) is 1.30. The highest BCUT2D eigenvalue weighted by Crippen LogP contribution is 2.23. The van der Waals surface area contributed by atoms with Gasteiger partial charge in [0.25, 0.3) is 10.0 Å². The molecule has 0 spiro atoms. The van der Waals surface area contributed by atoms with Crippen LogP contribution in [0.5, 0.6) is 0 Å². The van der Waals surface area contributed by atoms with E-state index in [0.717, 1.165) is 0 Å². The van der Waals surface area contributed by atoms with E-state index in [2.05, 4.69) is 10.1 Å². The third kappa shape index (κ3) is 2.72. The predicted octanol–water partition coefficient (Wildman–Crippen LogP) is 0.357. The predicted molar refractivity (Wildman–Crippen MR) is 71.0 cm³/mol. The Morgan fingerprint density at radius 3 is 2.85 bits per heavy atom. The van der Waals surface area contributed by atoms with Crippen LogP contribution in [0, 0.1) is 6.92 Å². The molecular weight excluding hydrogens is 284 g/mol. The molecule has 112 valence electrons. The van der Waals surface area contributed by atoms with E-state index in [0.29, 0.717) is 19.6 Å². The molecule has 0 aliphatic carbocycles. The van der Waals surface area contributed by atoms with E-state index in [1.807, 2.05) is 6.92 Å². The van der Waals surface area contributed by atoms with Crippen LogP contribution in [0.15, 0.2) is 15.6 Å². The van der Waals surface area contributed by atoms with Crippen molar-refractivity contribution in [1.82, 2.24) is 9.62 Å². The zero-order valence-electron chi connectivity index (χ0n) is 11.7. The fourth-order valence-electron chi connectivity index (χ4n) is 2.14. The summed E-state index contributed by atoms with van der Waals surface area (Å²) in [5, 5.41) is 2.95. The standard InChI is InChI=1S/C12H18N2O5S/c1-8-7-14(5-4-13-8)20(16,17)11-6-10(9(2)19-11)12(15)18-3/h6,8,13H,4-5,7H2,1-3H3. The number of rotatable bonds is 3. The second-order valence-electron chi connectivity index (χ2n) is 4.75. The number of aryl methyl sites for hydroxylation is 1. The average Bonchev–Trinajstić information content (AvgIpc) is 2.80. The van der Waals surface area contributed by atoms with Crippen molar-refractivity contribution in [3.05, 3.63) is 17.4 Å². The highest BCUT2D eigenvalue weighted by atomic mass is 32.2. The van der Waals surface area contributed by atoms with E-state index in [-0.39, 0.29) is 22.5 Å². The second-order valence-corrected chi connectivity index (χ2v) is 6.61. The van der Waals surface area contributed by atoms with Gasteiger partial charge in [0, 0.05) is 31.7 Å². The number of sulfonamides is 1. The van der Waals surface area contributed by atoms with Gasteiger partial charge in [0.05, 0.1) is 7.11 Å². The molecule has 8 heteroatoms. The number of hydrogen-bond acceptors (Lipinski definition) is 6. The maximum atomic E-state index is 12.5. The number of nitrogens with zero attached hydrogens (tertiary/aromatic N) is 1. The Balaban J connectivity index is 2.32. The summed E-state index contributed by atoms with van der Waals surface area (Å²) < 4.78 is 36.1. The Bertz CT molecular complexity index is 607. The molecule has 1 aliphatic rings. The lowest BCUT2D eigenvalue weighted by atomic mass is 10.3. The number of furan rings is 1. The van der Waals surface area contributed by atoms with Gasteiger partial charge < -0.3 is 14.5 Å². The van der Waals surface area contributed by atoms with Crippen molar-refractivity contribution >= 4 is 16.0 Å². The van der Waals surface area contributed by atoms with Crippen LogP contribution in [-0.4, -0.2) is 51.5 Å². The molecule has 0 radical (unpaired) electrons. The maximum Gasteiger partial charge on any atom is 0.341 e. The quantitative estimate of drug-likeness (QED) is 0.811. The molecule has 1 fully saturated rings. The fourth-order valence-corrected chi connectivity index (χ4v) is 3.64. The zero-order valence-corrected chi connectivity index (χ0v) is 12.5. The molecular formula is C12H18N2O5S. The molecule has 7 nitrogen and oxygen atoms in total. The van der Waals surface area contributed by atoms with Crippen LogP contribution in [0.4, 0.5) is 0 Å². The van der Waals surface area contributed by atoms with Gasteiger partial charge in [0.2, 0.25) is 5.09 Å². The van der Waals surface area contributed by atoms with Crippen molar-refractivity contribution in [2.24, 2.45) is 0 Å². The lowest BCUT2D eigenvalue weighted by Crippen LogP contribution is -2.51. The minimum absolute atomic E-state index is 0.0784. The number of ether oxygens (including phenoxy) is 1. The minimum Gasteiger partial charge on any atom is -0.465 e. The van der Waals surface area contributed by atoms with Crippen LogP contribution in [0.25, 0.3) is 0 Å². The highest BCUT2D eigenvalue weighted by molar-refractivity contribution is 7.89. The van der Waals surface area contributed by atoms with Gasteiger partial charge in [0.15, 0.2) is 0 Å². The Morgan fingerprint density at radius 2 is 2.25 bits per heavy atom. The molecule has 1 N–H and O–H groups in total. The molecule has 1 aromatic rings. The van der Waals surface area contributed by atoms with Gasteiger partial charge in [-0.1, -0.05) is 0 Å². The number of hydrogen-bond donors (Lipinski definition) is 1. The van der Waals surface area contributed by atoms with Gasteiger partial charge in [-0.2, -0.15) is 4.31 Å². The summed E-state index contributed by atoms with van der Waals surface area (Å²) in [5.74, 6) is -0.375. The van der Waals surface area contributed by atoms with Crippen molar-refractivity contribution in [2.45, 2.75) is 25.0 Å². The molecule has 2 heterocycles. The van der Waals surface area contributed by atoms with Gasteiger partial charge >= 0.3 is 5.97 Å². The fraction of sp³-hybridized carbons (Fsp3) is 0.583. The average molecular weight is 302 g/mol. The van der Waals surface area contributed by atoms with Crippen molar-refractivity contribution < 1.29 is 22.4 Å². The molecule has 1 aromatic heterocycles. The monoisotopic (exact) mass is 302 g/mol. The van der Waals surface area contributed by atoms with Crippen LogP contribution in [0.3, 0.4) is 0 Å². The molecule has 2 rings (SSSR count). The summed E-state index contributed by atoms with van der Waals surface area (Å²) in [7, 11) is -2.48. The molecule has 0 saturated carbocycles. The third-order valence-electron chi connectivity index (χ3n) is 3.23. The zero-order chi connectivity index (χ0) is 14.9. The molecule has 1 atom stereocenters. The van der Waals surface area contributed by atoms with Gasteiger partial charge in [-0.05, 0) is 13.8 Å². The van der Waals surface area contributed by atoms with Gasteiger partial charge in [0.1, 0.15) is 11.3 Å². The lowest BCUT2D eigenvalue weighted by Gasteiger charge is -2.30. The van der Waals surface area contributed by atoms with E-state index >= 15 is 0 Å². The molecule has 1 unspecified atom stereocenters. The molecule has 1 saturated heterocycles. The number of piperazine rings is 1. The number of methoxy groups -OCH3 is 1. The number of carbonyl (C=O) groups excluding carboxylic acids is 1. The molecule has 1 aliphatic heterocycles. The first-order chi connectivity index (χ1) is 9.36. The number of nitrogens with one attached hydrogen (secondary N) is 1. The summed E-state index contributed by atoms with van der Waals surface area (Å²) in [5.41, 5.74) is 0.134. The van der Waals surface area contributed by atoms with Crippen molar-refractivity contribution in [2.75, 3.05) is 26.7 Å². The van der Waals surface area contributed by atoms with Crippen LogP contribution < -0.4 is 5.32 Å². The van der Waals surface area contributed by atoms with E-state index in [1.54, 1.807) is 0 Å². The Hall–Kier alpha value is -1.38. The summed E-state index contributed by atoms with van der Waals surface area (Å²) >= 11 is 0. The largest absolute Gasteiger partial charge is 0.465 e. The van der Waals surface area contributed by atoms with Crippen molar-refractivity contribution in [1.29, 1.82) is 0 Å². The smallest absolute Gasteiger partial charge is 0.341 e. The Labute approximate surface area is 117 Å². The van der Waals surface area contributed by atoms with Gasteiger partial charge in [-0.25, -0.2) is 13.2 Å². The lowest BCUT2D eigenvalue weighted by molar-refractivity contribution is 0.0599. The molecule has 0 aromatic carbocycles. The van der Waals surface area contributed by atoms with E-state index < -0.39 is 16.0 Å². The molecule has 20 heavy (non-hydrogen) atoms. The van der Waals surface area contributed by atoms with E-state index in [4.69, 9.17) is 4.42 Å². The van der Waals surface area contributed by atoms with Crippen molar-refractivity contribution in [3.8, 4) is 0 Å². The normalized spacial score (nSPS) is 20.9. The van der Waals surface area contributed by atoms with Crippen LogP contribution in [0.2, 0.25) is 0 Å². The highest BCUT2D eigenvalue weighted by Gasteiger charge is 2.32. The minimum atomic E-state index is -3.72. The van der Waals surface area contributed by atoms with Crippen molar-refractivity contribution in [3.63, 3.8) is 0 Å². The Morgan fingerprint density at radius 1 is 1.55 bits per heavy atom. The third-order valence-corrected chi connectivity index (χ3v) is 4.95. The summed E-state index contributed by atoms with van der Waals surface area (Å²) in [6.07, 6.45) is 0. The number of carbonyl (C=O) groups is 1. The topological polar surface area (TPSA) is 88.9 Å².